The van der Waals surface area contributed by atoms with Gasteiger partial charge in [0.1, 0.15) is 18.8 Å². The number of anilines is 3. The predicted molar refractivity (Wildman–Crippen MR) is 157 cm³/mol. The maximum atomic E-state index is 6.18. The Labute approximate surface area is 234 Å². The van der Waals surface area contributed by atoms with Crippen LogP contribution >= 0.6 is 0 Å². The number of methoxy groups -OCH3 is 1. The normalized spacial score (nSPS) is 16.2. The molecule has 0 spiro atoms. The number of ether oxygens (including phenoxy) is 4. The average molecular weight is 542 g/mol. The smallest absolute Gasteiger partial charge is 0.161 e. The van der Waals surface area contributed by atoms with Gasteiger partial charge in [-0.2, -0.15) is 0 Å². The third-order valence-electron chi connectivity index (χ3n) is 7.41. The number of rotatable bonds is 9. The van der Waals surface area contributed by atoms with Gasteiger partial charge in [0.15, 0.2) is 11.5 Å². The van der Waals surface area contributed by atoms with Crippen molar-refractivity contribution in [3.8, 4) is 22.6 Å². The van der Waals surface area contributed by atoms with E-state index in [-0.39, 0.29) is 0 Å². The Morgan fingerprint density at radius 2 is 1.52 bits per heavy atom. The van der Waals surface area contributed by atoms with Gasteiger partial charge < -0.3 is 29.2 Å². The highest BCUT2D eigenvalue weighted by molar-refractivity contribution is 5.94. The van der Waals surface area contributed by atoms with Crippen molar-refractivity contribution in [2.24, 2.45) is 0 Å². The first-order valence-corrected chi connectivity index (χ1v) is 13.8. The number of hydrogen-bond acceptors (Lipinski definition) is 9. The summed E-state index contributed by atoms with van der Waals surface area (Å²) in [6.45, 7) is 8.24. The van der Waals surface area contributed by atoms with Gasteiger partial charge in [0.2, 0.25) is 0 Å². The molecule has 9 heteroatoms. The molecule has 208 valence electrons. The summed E-state index contributed by atoms with van der Waals surface area (Å²) in [5, 5.41) is 4.44. The molecule has 1 aromatic heterocycles. The van der Waals surface area contributed by atoms with Gasteiger partial charge in [-0.25, -0.2) is 9.97 Å². The van der Waals surface area contributed by atoms with Crippen molar-refractivity contribution in [1.82, 2.24) is 14.9 Å². The molecule has 3 aromatic carbocycles. The van der Waals surface area contributed by atoms with Crippen LogP contribution in [0.3, 0.4) is 0 Å². The van der Waals surface area contributed by atoms with Crippen LogP contribution in [0.25, 0.3) is 22.0 Å². The van der Waals surface area contributed by atoms with E-state index in [0.29, 0.717) is 6.61 Å². The summed E-state index contributed by atoms with van der Waals surface area (Å²) in [7, 11) is 1.67. The first-order chi connectivity index (χ1) is 19.8. The summed E-state index contributed by atoms with van der Waals surface area (Å²) in [6, 6.07) is 20.7. The molecule has 2 saturated heterocycles. The van der Waals surface area contributed by atoms with Gasteiger partial charge in [0.25, 0.3) is 0 Å². The average Bonchev–Trinajstić information content (AvgIpc) is 3.02. The molecule has 2 aliphatic rings. The number of benzene rings is 3. The van der Waals surface area contributed by atoms with E-state index in [2.05, 4.69) is 67.5 Å². The fraction of sp³-hybridized carbons (Fsp3) is 0.355. The molecule has 9 nitrogen and oxygen atoms in total. The third-order valence-corrected chi connectivity index (χ3v) is 7.41. The lowest BCUT2D eigenvalue weighted by Crippen LogP contribution is -2.38. The van der Waals surface area contributed by atoms with Crippen LogP contribution in [0.2, 0.25) is 0 Å². The summed E-state index contributed by atoms with van der Waals surface area (Å²) in [6.07, 6.45) is 1.60. The van der Waals surface area contributed by atoms with Crippen molar-refractivity contribution < 1.29 is 18.9 Å². The molecule has 40 heavy (non-hydrogen) atoms. The second-order valence-electron chi connectivity index (χ2n) is 9.89. The first kappa shape index (κ1) is 26.3. The van der Waals surface area contributed by atoms with Gasteiger partial charge >= 0.3 is 0 Å². The van der Waals surface area contributed by atoms with Crippen LogP contribution in [0.4, 0.5) is 17.2 Å². The van der Waals surface area contributed by atoms with Crippen LogP contribution in [0, 0.1) is 0 Å². The van der Waals surface area contributed by atoms with Crippen LogP contribution in [-0.4, -0.2) is 87.7 Å². The number of nitrogens with one attached hydrogen (secondary N) is 1. The van der Waals surface area contributed by atoms with Gasteiger partial charge in [-0.1, -0.05) is 12.1 Å². The minimum atomic E-state index is 0.587. The van der Waals surface area contributed by atoms with Crippen molar-refractivity contribution in [3.05, 3.63) is 67.0 Å². The number of hydrogen-bond donors (Lipinski definition) is 1. The van der Waals surface area contributed by atoms with E-state index in [0.717, 1.165) is 104 Å². The van der Waals surface area contributed by atoms with Crippen molar-refractivity contribution >= 4 is 28.1 Å². The summed E-state index contributed by atoms with van der Waals surface area (Å²) < 4.78 is 22.7. The molecule has 0 aliphatic carbocycles. The predicted octanol–water partition coefficient (Wildman–Crippen LogP) is 4.60. The second-order valence-corrected chi connectivity index (χ2v) is 9.89. The van der Waals surface area contributed by atoms with Crippen molar-refractivity contribution in [2.45, 2.75) is 0 Å². The van der Waals surface area contributed by atoms with E-state index in [1.165, 1.54) is 5.69 Å². The Morgan fingerprint density at radius 3 is 2.30 bits per heavy atom. The summed E-state index contributed by atoms with van der Waals surface area (Å²) in [5.74, 6) is 2.22. The Hall–Kier alpha value is -3.92. The fourth-order valence-corrected chi connectivity index (χ4v) is 5.13. The lowest BCUT2D eigenvalue weighted by Gasteiger charge is -2.28. The summed E-state index contributed by atoms with van der Waals surface area (Å²) in [4.78, 5) is 13.8. The van der Waals surface area contributed by atoms with Crippen LogP contribution in [0.1, 0.15) is 0 Å². The molecule has 0 unspecified atom stereocenters. The van der Waals surface area contributed by atoms with Crippen LogP contribution in [0.15, 0.2) is 67.0 Å². The third kappa shape index (κ3) is 6.12. The molecule has 2 fully saturated rings. The zero-order chi connectivity index (χ0) is 27.1. The molecule has 0 atom stereocenters. The molecular formula is C31H35N5O4. The zero-order valence-electron chi connectivity index (χ0n) is 22.8. The highest BCUT2D eigenvalue weighted by Crippen LogP contribution is 2.35. The van der Waals surface area contributed by atoms with Gasteiger partial charge in [-0.05, 0) is 59.7 Å². The molecule has 4 aromatic rings. The lowest BCUT2D eigenvalue weighted by atomic mass is 10.0. The number of nitrogens with zero attached hydrogens (tertiary/aromatic N) is 4. The Bertz CT molecular complexity index is 1420. The number of aromatic nitrogens is 2. The van der Waals surface area contributed by atoms with Crippen molar-refractivity contribution in [3.63, 3.8) is 0 Å². The van der Waals surface area contributed by atoms with Crippen LogP contribution in [0.5, 0.6) is 11.5 Å². The monoisotopic (exact) mass is 541 g/mol. The maximum Gasteiger partial charge on any atom is 0.161 e. The highest BCUT2D eigenvalue weighted by atomic mass is 16.5. The largest absolute Gasteiger partial charge is 0.493 e. The molecular weight excluding hydrogens is 506 g/mol. The minimum Gasteiger partial charge on any atom is -0.493 e. The number of fused-ring (bicyclic) bond motifs is 1. The van der Waals surface area contributed by atoms with E-state index in [1.807, 2.05) is 18.2 Å². The Kier molecular flexibility index (Phi) is 8.23. The lowest BCUT2D eigenvalue weighted by molar-refractivity contribution is 0.0321. The van der Waals surface area contributed by atoms with E-state index >= 15 is 0 Å². The fourth-order valence-electron chi connectivity index (χ4n) is 5.13. The van der Waals surface area contributed by atoms with Crippen molar-refractivity contribution in [2.75, 3.05) is 83.1 Å². The van der Waals surface area contributed by atoms with Crippen LogP contribution < -0.4 is 19.7 Å². The molecule has 0 bridgehead atoms. The van der Waals surface area contributed by atoms with Gasteiger partial charge in [0.05, 0.1) is 39.1 Å². The summed E-state index contributed by atoms with van der Waals surface area (Å²) in [5.41, 5.74) is 5.14. The highest BCUT2D eigenvalue weighted by Gasteiger charge is 2.14. The molecule has 0 radical (unpaired) electrons. The SMILES string of the molecule is COc1ccc(-c2ccc3ncnc(Nc4ccc(N5CCOCC5)cc4)c3c2)cc1OCCN1CCOCC1. The standard InChI is InChI=1S/C31H35N5O4/c1-37-29-9-3-24(21-30(29)40-19-12-35-10-15-38-16-11-35)23-2-8-28-27(20-23)31(33-22-32-28)34-25-4-6-26(7-5-25)36-13-17-39-18-14-36/h2-9,20-22H,10-19H2,1H3,(H,32,33,34). The van der Waals surface area contributed by atoms with Crippen molar-refractivity contribution in [1.29, 1.82) is 0 Å². The zero-order valence-corrected chi connectivity index (χ0v) is 22.8. The molecule has 6 rings (SSSR count). The molecule has 0 amide bonds. The minimum absolute atomic E-state index is 0.587. The maximum absolute atomic E-state index is 6.18. The van der Waals surface area contributed by atoms with Gasteiger partial charge in [-0.15, -0.1) is 0 Å². The summed E-state index contributed by atoms with van der Waals surface area (Å²) >= 11 is 0. The molecule has 3 heterocycles. The van der Waals surface area contributed by atoms with Gasteiger partial charge in [0, 0.05) is 49.5 Å². The van der Waals surface area contributed by atoms with E-state index in [4.69, 9.17) is 18.9 Å². The van der Waals surface area contributed by atoms with E-state index in [9.17, 15) is 0 Å². The Morgan fingerprint density at radius 1 is 0.800 bits per heavy atom. The molecule has 2 aliphatic heterocycles. The van der Waals surface area contributed by atoms with Crippen LogP contribution in [-0.2, 0) is 9.47 Å². The second kappa shape index (κ2) is 12.5. The molecule has 1 N–H and O–H groups in total. The Balaban J connectivity index is 1.21. The van der Waals surface area contributed by atoms with E-state index < -0.39 is 0 Å². The number of morpholine rings is 2. The van der Waals surface area contributed by atoms with Gasteiger partial charge in [-0.3, -0.25) is 4.90 Å². The topological polar surface area (TPSA) is 81.2 Å². The molecule has 0 saturated carbocycles. The first-order valence-electron chi connectivity index (χ1n) is 13.8. The van der Waals surface area contributed by atoms with E-state index in [1.54, 1.807) is 13.4 Å². The quantitative estimate of drug-likeness (QED) is 0.327.